The minimum Gasteiger partial charge on any atom is -0.337 e. The number of halogens is 3. The van der Waals surface area contributed by atoms with Crippen LogP contribution >= 0.6 is 27.3 Å². The number of hydrogen-bond donors (Lipinski definition) is 0. The Labute approximate surface area is 156 Å². The Kier molecular flexibility index (Phi) is 4.37. The fraction of sp³-hybridized carbons (Fsp3) is 0.278. The molecule has 0 spiro atoms. The SMILES string of the molecule is O=C(c1cc2scc(Br)c2n1Cc1ccc(F)cc1F)N1CCCC1. The van der Waals surface area contributed by atoms with Crippen molar-refractivity contribution in [2.24, 2.45) is 0 Å². The zero-order valence-electron chi connectivity index (χ0n) is 13.3. The first-order chi connectivity index (χ1) is 12.0. The van der Waals surface area contributed by atoms with Gasteiger partial charge in [0, 0.05) is 30.1 Å². The lowest BCUT2D eigenvalue weighted by Gasteiger charge is -2.17. The lowest BCUT2D eigenvalue weighted by molar-refractivity contribution is 0.0783. The van der Waals surface area contributed by atoms with Crippen LogP contribution in [0.5, 0.6) is 0 Å². The second-order valence-corrected chi connectivity index (χ2v) is 7.91. The Balaban J connectivity index is 1.80. The van der Waals surface area contributed by atoms with Crippen molar-refractivity contribution in [3.8, 4) is 0 Å². The highest BCUT2D eigenvalue weighted by Gasteiger charge is 2.25. The standard InChI is InChI=1S/C18H15BrF2N2OS/c19-13-10-25-16-8-15(18(24)22-5-1-2-6-22)23(17(13)16)9-11-3-4-12(20)7-14(11)21/h3-4,7-8,10H,1-2,5-6,9H2. The van der Waals surface area contributed by atoms with Crippen LogP contribution in [0.3, 0.4) is 0 Å². The number of fused-ring (bicyclic) bond motifs is 1. The highest BCUT2D eigenvalue weighted by atomic mass is 79.9. The van der Waals surface area contributed by atoms with E-state index in [1.165, 1.54) is 23.5 Å². The second-order valence-electron chi connectivity index (χ2n) is 6.15. The number of benzene rings is 1. The van der Waals surface area contributed by atoms with Crippen LogP contribution < -0.4 is 0 Å². The molecule has 1 fully saturated rings. The molecule has 3 heterocycles. The zero-order valence-corrected chi connectivity index (χ0v) is 15.7. The smallest absolute Gasteiger partial charge is 0.270 e. The summed E-state index contributed by atoms with van der Waals surface area (Å²) in [6.45, 7) is 1.69. The predicted octanol–water partition coefficient (Wildman–Crippen LogP) is 5.03. The molecular weight excluding hydrogens is 410 g/mol. The summed E-state index contributed by atoms with van der Waals surface area (Å²) in [5.41, 5.74) is 1.77. The minimum atomic E-state index is -0.607. The Morgan fingerprint density at radius 2 is 1.96 bits per heavy atom. The summed E-state index contributed by atoms with van der Waals surface area (Å²) < 4.78 is 31.0. The number of carbonyl (C=O) groups is 1. The third kappa shape index (κ3) is 3.00. The van der Waals surface area contributed by atoms with Crippen molar-refractivity contribution < 1.29 is 13.6 Å². The van der Waals surface area contributed by atoms with Crippen molar-refractivity contribution >= 4 is 43.4 Å². The monoisotopic (exact) mass is 424 g/mol. The van der Waals surface area contributed by atoms with E-state index in [0.29, 0.717) is 11.3 Å². The van der Waals surface area contributed by atoms with Crippen LogP contribution in [0.1, 0.15) is 28.9 Å². The van der Waals surface area contributed by atoms with Gasteiger partial charge in [-0.15, -0.1) is 11.3 Å². The molecular formula is C18H15BrF2N2OS. The Morgan fingerprint density at radius 3 is 2.68 bits per heavy atom. The molecule has 2 aromatic heterocycles. The van der Waals surface area contributed by atoms with Gasteiger partial charge >= 0.3 is 0 Å². The van der Waals surface area contributed by atoms with Crippen LogP contribution in [0.2, 0.25) is 0 Å². The van der Waals surface area contributed by atoms with Crippen LogP contribution in [0, 0.1) is 11.6 Å². The molecule has 0 N–H and O–H groups in total. The van der Waals surface area contributed by atoms with Crippen molar-refractivity contribution in [1.29, 1.82) is 0 Å². The summed E-state index contributed by atoms with van der Waals surface area (Å²) in [4.78, 5) is 14.8. The molecule has 4 rings (SSSR count). The third-order valence-corrected chi connectivity index (χ3v) is 6.36. The molecule has 3 aromatic rings. The fourth-order valence-electron chi connectivity index (χ4n) is 3.28. The molecule has 0 atom stereocenters. The van der Waals surface area contributed by atoms with E-state index in [-0.39, 0.29) is 12.5 Å². The van der Waals surface area contributed by atoms with E-state index in [0.717, 1.165) is 46.7 Å². The highest BCUT2D eigenvalue weighted by molar-refractivity contribution is 9.10. The van der Waals surface area contributed by atoms with E-state index < -0.39 is 11.6 Å². The number of aromatic nitrogens is 1. The molecule has 130 valence electrons. The Bertz CT molecular complexity index is 960. The summed E-state index contributed by atoms with van der Waals surface area (Å²) in [5, 5.41) is 1.95. The maximum atomic E-state index is 14.1. The van der Waals surface area contributed by atoms with Gasteiger partial charge < -0.3 is 9.47 Å². The molecule has 1 aliphatic heterocycles. The van der Waals surface area contributed by atoms with E-state index in [1.807, 2.05) is 20.9 Å². The summed E-state index contributed by atoms with van der Waals surface area (Å²) >= 11 is 5.05. The number of carbonyl (C=O) groups excluding carboxylic acids is 1. The summed E-state index contributed by atoms with van der Waals surface area (Å²) in [6, 6.07) is 5.41. The van der Waals surface area contributed by atoms with Crippen LogP contribution in [-0.4, -0.2) is 28.5 Å². The Morgan fingerprint density at radius 1 is 1.20 bits per heavy atom. The van der Waals surface area contributed by atoms with E-state index in [2.05, 4.69) is 15.9 Å². The van der Waals surface area contributed by atoms with E-state index in [1.54, 1.807) is 0 Å². The fourth-order valence-corrected chi connectivity index (χ4v) is 4.97. The van der Waals surface area contributed by atoms with Crippen LogP contribution in [0.25, 0.3) is 10.2 Å². The molecule has 25 heavy (non-hydrogen) atoms. The van der Waals surface area contributed by atoms with Crippen molar-refractivity contribution in [3.05, 3.63) is 57.0 Å². The molecule has 1 saturated heterocycles. The molecule has 0 aliphatic carbocycles. The van der Waals surface area contributed by atoms with Gasteiger partial charge in [0.25, 0.3) is 5.91 Å². The van der Waals surface area contributed by atoms with Crippen LogP contribution in [0.15, 0.2) is 34.1 Å². The van der Waals surface area contributed by atoms with Gasteiger partial charge in [-0.25, -0.2) is 8.78 Å². The van der Waals surface area contributed by atoms with E-state index in [9.17, 15) is 13.6 Å². The number of amides is 1. The van der Waals surface area contributed by atoms with Gasteiger partial charge in [0.15, 0.2) is 0 Å². The van der Waals surface area contributed by atoms with Gasteiger partial charge in [0.05, 0.1) is 21.2 Å². The second kappa shape index (κ2) is 6.53. The van der Waals surface area contributed by atoms with Gasteiger partial charge in [-0.05, 0) is 40.9 Å². The lowest BCUT2D eigenvalue weighted by Crippen LogP contribution is -2.29. The van der Waals surface area contributed by atoms with Gasteiger partial charge in [-0.2, -0.15) is 0 Å². The third-order valence-electron chi connectivity index (χ3n) is 4.53. The summed E-state index contributed by atoms with van der Waals surface area (Å²) in [5.74, 6) is -1.24. The molecule has 0 radical (unpaired) electrons. The Hall–Kier alpha value is -1.73. The molecule has 1 aromatic carbocycles. The molecule has 0 saturated carbocycles. The lowest BCUT2D eigenvalue weighted by atomic mass is 10.2. The van der Waals surface area contributed by atoms with E-state index in [4.69, 9.17) is 0 Å². The van der Waals surface area contributed by atoms with Gasteiger partial charge in [-0.1, -0.05) is 6.07 Å². The first kappa shape index (κ1) is 16.7. The maximum Gasteiger partial charge on any atom is 0.270 e. The van der Waals surface area contributed by atoms with Crippen molar-refractivity contribution in [1.82, 2.24) is 9.47 Å². The molecule has 1 amide bonds. The molecule has 7 heteroatoms. The molecule has 0 bridgehead atoms. The number of thiophene rings is 1. The average molecular weight is 425 g/mol. The first-order valence-electron chi connectivity index (χ1n) is 8.04. The summed E-state index contributed by atoms with van der Waals surface area (Å²) in [6.07, 6.45) is 2.02. The van der Waals surface area contributed by atoms with Crippen LogP contribution in [-0.2, 0) is 6.54 Å². The highest BCUT2D eigenvalue weighted by Crippen LogP contribution is 2.34. The van der Waals surface area contributed by atoms with Crippen molar-refractivity contribution in [2.75, 3.05) is 13.1 Å². The average Bonchev–Trinajstić information content (AvgIpc) is 3.29. The zero-order chi connectivity index (χ0) is 17.6. The largest absolute Gasteiger partial charge is 0.337 e. The van der Waals surface area contributed by atoms with Crippen LogP contribution in [0.4, 0.5) is 8.78 Å². The number of likely N-dealkylation sites (tertiary alicyclic amines) is 1. The number of hydrogen-bond acceptors (Lipinski definition) is 2. The van der Waals surface area contributed by atoms with Gasteiger partial charge in [0.2, 0.25) is 0 Å². The van der Waals surface area contributed by atoms with Gasteiger partial charge in [0.1, 0.15) is 17.3 Å². The number of rotatable bonds is 3. The molecule has 1 aliphatic rings. The van der Waals surface area contributed by atoms with Gasteiger partial charge in [-0.3, -0.25) is 4.79 Å². The van der Waals surface area contributed by atoms with Crippen molar-refractivity contribution in [2.45, 2.75) is 19.4 Å². The normalized spacial score (nSPS) is 14.6. The first-order valence-corrected chi connectivity index (χ1v) is 9.71. The maximum absolute atomic E-state index is 14.1. The quantitative estimate of drug-likeness (QED) is 0.578. The molecule has 0 unspecified atom stereocenters. The minimum absolute atomic E-state index is 0.0321. The van der Waals surface area contributed by atoms with Crippen molar-refractivity contribution in [3.63, 3.8) is 0 Å². The topological polar surface area (TPSA) is 25.2 Å². The van der Waals surface area contributed by atoms with E-state index >= 15 is 0 Å². The number of nitrogens with zero attached hydrogens (tertiary/aromatic N) is 2. The predicted molar refractivity (Wildman–Crippen MR) is 98.1 cm³/mol. The summed E-state index contributed by atoms with van der Waals surface area (Å²) in [7, 11) is 0. The molecule has 3 nitrogen and oxygen atoms in total.